The van der Waals surface area contributed by atoms with E-state index in [0.29, 0.717) is 12.0 Å². The van der Waals surface area contributed by atoms with Crippen molar-refractivity contribution in [2.45, 2.75) is 56.5 Å². The second-order valence-electron chi connectivity index (χ2n) is 6.14. The monoisotopic (exact) mass is 264 g/mol. The minimum absolute atomic E-state index is 0.211. The number of fused-ring (bicyclic) bond motifs is 2. The van der Waals surface area contributed by atoms with Crippen molar-refractivity contribution in [2.24, 2.45) is 5.92 Å². The van der Waals surface area contributed by atoms with Gasteiger partial charge in [-0.25, -0.2) is 4.79 Å². The van der Waals surface area contributed by atoms with E-state index >= 15 is 0 Å². The van der Waals surface area contributed by atoms with Crippen molar-refractivity contribution in [2.75, 3.05) is 0 Å². The molecule has 0 aromatic carbocycles. The van der Waals surface area contributed by atoms with Crippen LogP contribution in [0.25, 0.3) is 0 Å². The topological polar surface area (TPSA) is 59.1 Å². The van der Waals surface area contributed by atoms with Crippen molar-refractivity contribution in [1.29, 1.82) is 0 Å². The Bertz CT molecular complexity index is 455. The molecule has 5 atom stereocenters. The van der Waals surface area contributed by atoms with Crippen molar-refractivity contribution >= 4 is 5.97 Å². The number of carbonyl (C=O) groups is 1. The highest BCUT2D eigenvalue weighted by molar-refractivity contribution is 5.91. The Morgan fingerprint density at radius 2 is 2.16 bits per heavy atom. The predicted molar refractivity (Wildman–Crippen MR) is 69.4 cm³/mol. The molecule has 4 nitrogen and oxygen atoms in total. The lowest BCUT2D eigenvalue weighted by atomic mass is 9.81. The van der Waals surface area contributed by atoms with Crippen LogP contribution < -0.4 is 0 Å². The Morgan fingerprint density at radius 3 is 2.89 bits per heavy atom. The van der Waals surface area contributed by atoms with Gasteiger partial charge in [-0.2, -0.15) is 0 Å². The summed E-state index contributed by atoms with van der Waals surface area (Å²) in [5.74, 6) is -0.766. The van der Waals surface area contributed by atoms with E-state index in [1.807, 2.05) is 6.92 Å². The molecule has 3 rings (SSSR count). The number of aliphatic hydroxyl groups excluding tert-OH is 1. The molecule has 2 heterocycles. The molecule has 1 saturated carbocycles. The largest absolute Gasteiger partial charge is 0.458 e. The fourth-order valence-corrected chi connectivity index (χ4v) is 3.39. The molecule has 2 saturated heterocycles. The molecule has 0 spiro atoms. The van der Waals surface area contributed by atoms with Gasteiger partial charge in [0.05, 0.1) is 17.6 Å². The fraction of sp³-hybridized carbons (Fsp3) is 0.667. The van der Waals surface area contributed by atoms with E-state index in [4.69, 9.17) is 9.47 Å². The summed E-state index contributed by atoms with van der Waals surface area (Å²) in [5.41, 5.74) is 1.16. The van der Waals surface area contributed by atoms with Crippen LogP contribution in [0.3, 0.4) is 0 Å². The van der Waals surface area contributed by atoms with Crippen LogP contribution in [0.15, 0.2) is 24.3 Å². The van der Waals surface area contributed by atoms with Gasteiger partial charge in [0, 0.05) is 12.0 Å². The number of hydrogen-bond donors (Lipinski definition) is 1. The molecule has 4 heteroatoms. The van der Waals surface area contributed by atoms with Crippen LogP contribution >= 0.6 is 0 Å². The summed E-state index contributed by atoms with van der Waals surface area (Å²) in [5, 5.41) is 10.5. The second-order valence-corrected chi connectivity index (χ2v) is 6.14. The lowest BCUT2D eigenvalue weighted by Gasteiger charge is -2.24. The molecule has 104 valence electrons. The van der Waals surface area contributed by atoms with Crippen LogP contribution in [0.5, 0.6) is 0 Å². The van der Waals surface area contributed by atoms with Gasteiger partial charge in [0.15, 0.2) is 0 Å². The predicted octanol–water partition coefficient (Wildman–Crippen LogP) is 1.73. The number of ether oxygens (including phenoxy) is 2. The molecule has 3 fully saturated rings. The number of carbonyl (C=O) groups excluding carboxylic acids is 1. The summed E-state index contributed by atoms with van der Waals surface area (Å²) in [6.07, 6.45) is 2.15. The van der Waals surface area contributed by atoms with Crippen molar-refractivity contribution in [1.82, 2.24) is 0 Å². The maximum Gasteiger partial charge on any atom is 0.334 e. The van der Waals surface area contributed by atoms with E-state index in [2.05, 4.69) is 13.2 Å². The molecule has 0 aromatic rings. The van der Waals surface area contributed by atoms with Gasteiger partial charge >= 0.3 is 5.97 Å². The number of aliphatic hydroxyl groups is 1. The van der Waals surface area contributed by atoms with Gasteiger partial charge < -0.3 is 14.6 Å². The van der Waals surface area contributed by atoms with Crippen molar-refractivity contribution in [3.05, 3.63) is 24.3 Å². The van der Waals surface area contributed by atoms with Gasteiger partial charge in [-0.1, -0.05) is 18.7 Å². The molecule has 19 heavy (non-hydrogen) atoms. The minimum atomic E-state index is -0.722. The summed E-state index contributed by atoms with van der Waals surface area (Å²) in [4.78, 5) is 11.7. The highest BCUT2D eigenvalue weighted by Crippen LogP contribution is 2.48. The molecule has 1 aliphatic carbocycles. The Hall–Kier alpha value is -1.13. The molecule has 0 bridgehead atoms. The minimum Gasteiger partial charge on any atom is -0.458 e. The third-order valence-corrected chi connectivity index (χ3v) is 4.64. The normalized spacial score (nSPS) is 46.3. The van der Waals surface area contributed by atoms with Crippen LogP contribution in [-0.2, 0) is 14.3 Å². The van der Waals surface area contributed by atoms with Gasteiger partial charge in [0.2, 0.25) is 0 Å². The summed E-state index contributed by atoms with van der Waals surface area (Å²) < 4.78 is 11.0. The molecule has 1 N–H and O–H groups in total. The van der Waals surface area contributed by atoms with E-state index in [1.165, 1.54) is 0 Å². The zero-order valence-electron chi connectivity index (χ0n) is 11.2. The maximum atomic E-state index is 11.7. The van der Waals surface area contributed by atoms with Crippen LogP contribution in [0, 0.1) is 5.92 Å². The van der Waals surface area contributed by atoms with Crippen LogP contribution in [0.1, 0.15) is 32.6 Å². The van der Waals surface area contributed by atoms with E-state index < -0.39 is 12.1 Å². The smallest absolute Gasteiger partial charge is 0.334 e. The number of rotatable bonds is 0. The van der Waals surface area contributed by atoms with E-state index in [0.717, 1.165) is 24.8 Å². The first-order valence-electron chi connectivity index (χ1n) is 6.85. The van der Waals surface area contributed by atoms with Crippen molar-refractivity contribution in [3.63, 3.8) is 0 Å². The number of hydrogen-bond acceptors (Lipinski definition) is 4. The molecule has 0 radical (unpaired) electrons. The molecule has 0 aromatic heterocycles. The first-order chi connectivity index (χ1) is 8.92. The van der Waals surface area contributed by atoms with Gasteiger partial charge in [0.1, 0.15) is 12.2 Å². The Morgan fingerprint density at radius 1 is 1.42 bits per heavy atom. The zero-order valence-corrected chi connectivity index (χ0v) is 11.2. The quantitative estimate of drug-likeness (QED) is 0.313. The number of epoxide rings is 1. The van der Waals surface area contributed by atoms with E-state index in [-0.39, 0.29) is 23.7 Å². The third-order valence-electron chi connectivity index (χ3n) is 4.64. The summed E-state index contributed by atoms with van der Waals surface area (Å²) in [6.45, 7) is 9.83. The lowest BCUT2D eigenvalue weighted by molar-refractivity contribution is -0.139. The Labute approximate surface area is 113 Å². The van der Waals surface area contributed by atoms with E-state index in [1.54, 1.807) is 0 Å². The Kier molecular flexibility index (Phi) is 2.84. The molecular weight excluding hydrogens is 244 g/mol. The molecular formula is C15H20O4. The first kappa shape index (κ1) is 12.9. The van der Waals surface area contributed by atoms with Crippen LogP contribution in [-0.4, -0.2) is 35.0 Å². The summed E-state index contributed by atoms with van der Waals surface area (Å²) in [7, 11) is 0. The molecule has 5 unspecified atom stereocenters. The highest BCUT2D eigenvalue weighted by Gasteiger charge is 2.60. The summed E-state index contributed by atoms with van der Waals surface area (Å²) in [6, 6.07) is 0. The van der Waals surface area contributed by atoms with Gasteiger partial charge in [0.25, 0.3) is 0 Å². The van der Waals surface area contributed by atoms with Crippen molar-refractivity contribution < 1.29 is 19.4 Å². The second kappa shape index (κ2) is 4.18. The SMILES string of the molecule is C=C1CCCC2(C)OC2C(O)C2C(=C)C(=O)OC2C1. The van der Waals surface area contributed by atoms with Crippen LogP contribution in [0.4, 0.5) is 0 Å². The third kappa shape index (κ3) is 2.03. The lowest BCUT2D eigenvalue weighted by Crippen LogP contribution is -2.36. The average molecular weight is 264 g/mol. The fourth-order valence-electron chi connectivity index (χ4n) is 3.39. The molecule has 2 aliphatic heterocycles. The number of esters is 1. The van der Waals surface area contributed by atoms with Gasteiger partial charge in [-0.3, -0.25) is 0 Å². The highest BCUT2D eigenvalue weighted by atomic mass is 16.6. The van der Waals surface area contributed by atoms with Gasteiger partial charge in [-0.15, -0.1) is 0 Å². The average Bonchev–Trinajstić information content (AvgIpc) is 2.92. The molecule has 0 amide bonds. The van der Waals surface area contributed by atoms with Crippen LogP contribution in [0.2, 0.25) is 0 Å². The van der Waals surface area contributed by atoms with Gasteiger partial charge in [-0.05, 0) is 26.2 Å². The Balaban J connectivity index is 1.89. The molecule has 3 aliphatic rings. The standard InChI is InChI=1S/C15H20O4/c1-8-5-4-6-15(3)13(19-15)12(16)11-9(2)14(17)18-10(11)7-8/h10-13,16H,1-2,4-7H2,3H3. The summed E-state index contributed by atoms with van der Waals surface area (Å²) >= 11 is 0. The first-order valence-corrected chi connectivity index (χ1v) is 6.85. The van der Waals surface area contributed by atoms with Crippen molar-refractivity contribution in [3.8, 4) is 0 Å². The van der Waals surface area contributed by atoms with E-state index in [9.17, 15) is 9.90 Å². The zero-order chi connectivity index (χ0) is 13.8. The maximum absolute atomic E-state index is 11.7.